The van der Waals surface area contributed by atoms with E-state index in [-0.39, 0.29) is 11.8 Å². The zero-order chi connectivity index (χ0) is 19.1. The Kier molecular flexibility index (Phi) is 4.39. The van der Waals surface area contributed by atoms with E-state index in [0.717, 1.165) is 28.8 Å². The van der Waals surface area contributed by atoms with E-state index in [9.17, 15) is 9.90 Å². The maximum atomic E-state index is 13.3. The molecule has 27 heavy (non-hydrogen) atoms. The van der Waals surface area contributed by atoms with Crippen molar-refractivity contribution >= 4 is 16.9 Å². The normalized spacial score (nSPS) is 19.8. The van der Waals surface area contributed by atoms with Gasteiger partial charge < -0.3 is 10.0 Å². The van der Waals surface area contributed by atoms with E-state index in [1.807, 2.05) is 39.1 Å². The summed E-state index contributed by atoms with van der Waals surface area (Å²) in [4.78, 5) is 23.6. The quantitative estimate of drug-likeness (QED) is 0.763. The van der Waals surface area contributed by atoms with Crippen LogP contribution >= 0.6 is 0 Å². The monoisotopic (exact) mass is 365 g/mol. The van der Waals surface area contributed by atoms with E-state index in [4.69, 9.17) is 0 Å². The van der Waals surface area contributed by atoms with E-state index >= 15 is 0 Å². The minimum atomic E-state index is -0.532. The van der Waals surface area contributed by atoms with Gasteiger partial charge in [0, 0.05) is 44.1 Å². The van der Waals surface area contributed by atoms with Crippen molar-refractivity contribution in [1.82, 2.24) is 24.6 Å². The highest BCUT2D eigenvalue weighted by molar-refractivity contribution is 6.06. The predicted molar refractivity (Wildman–Crippen MR) is 101 cm³/mol. The summed E-state index contributed by atoms with van der Waals surface area (Å²) in [7, 11) is 1.83. The smallest absolute Gasteiger partial charge is 0.254 e. The number of hydrogen-bond acceptors (Lipinski definition) is 5. The molecule has 0 saturated carbocycles. The third-order valence-electron chi connectivity index (χ3n) is 5.27. The van der Waals surface area contributed by atoms with Gasteiger partial charge in [-0.05, 0) is 44.0 Å². The number of hydrogen-bond donors (Lipinski definition) is 1. The molecular formula is C20H23N5O2. The number of aryl methyl sites for hydroxylation is 3. The van der Waals surface area contributed by atoms with Crippen LogP contribution in [0, 0.1) is 19.8 Å². The Morgan fingerprint density at radius 3 is 2.74 bits per heavy atom. The van der Waals surface area contributed by atoms with Crippen LogP contribution in [0.1, 0.15) is 27.3 Å². The van der Waals surface area contributed by atoms with Gasteiger partial charge in [0.1, 0.15) is 0 Å². The lowest BCUT2D eigenvalue weighted by atomic mass is 9.97. The second-order valence-corrected chi connectivity index (χ2v) is 7.32. The standard InChI is InChI=1S/C20H23N5O2/c1-12-8-16(18-13(2)23-24(3)19(18)22-12)20(27)25-10-15(17(26)11-25)9-14-4-6-21-7-5-14/h4-8,15,17,26H,9-11H2,1-3H3. The minimum Gasteiger partial charge on any atom is -0.391 e. The third-order valence-corrected chi connectivity index (χ3v) is 5.27. The molecule has 7 nitrogen and oxygen atoms in total. The molecule has 1 saturated heterocycles. The second kappa shape index (κ2) is 6.74. The molecule has 2 atom stereocenters. The molecule has 0 spiro atoms. The van der Waals surface area contributed by atoms with Crippen molar-refractivity contribution in [3.63, 3.8) is 0 Å². The van der Waals surface area contributed by atoms with Crippen LogP contribution in [0.3, 0.4) is 0 Å². The van der Waals surface area contributed by atoms with Gasteiger partial charge in [-0.2, -0.15) is 5.10 Å². The van der Waals surface area contributed by atoms with Crippen molar-refractivity contribution in [3.05, 3.63) is 53.1 Å². The SMILES string of the molecule is Cc1cc(C(=O)N2CC(O)C(Cc3ccncc3)C2)c2c(C)nn(C)c2n1. The molecule has 1 aliphatic heterocycles. The Hall–Kier alpha value is -2.80. The maximum absolute atomic E-state index is 13.3. The number of carbonyl (C=O) groups is 1. The zero-order valence-electron chi connectivity index (χ0n) is 15.8. The first-order chi connectivity index (χ1) is 12.9. The van der Waals surface area contributed by atoms with E-state index in [0.29, 0.717) is 24.3 Å². The number of aliphatic hydroxyl groups is 1. The molecule has 4 rings (SSSR count). The van der Waals surface area contributed by atoms with E-state index in [2.05, 4.69) is 15.1 Å². The summed E-state index contributed by atoms with van der Waals surface area (Å²) < 4.78 is 1.71. The fourth-order valence-electron chi connectivity index (χ4n) is 3.95. The van der Waals surface area contributed by atoms with Crippen molar-refractivity contribution < 1.29 is 9.90 Å². The van der Waals surface area contributed by atoms with Crippen molar-refractivity contribution in [2.24, 2.45) is 13.0 Å². The molecule has 1 N–H and O–H groups in total. The lowest BCUT2D eigenvalue weighted by Crippen LogP contribution is -2.30. The molecule has 2 unspecified atom stereocenters. The topological polar surface area (TPSA) is 84.1 Å². The Labute approximate surface area is 157 Å². The highest BCUT2D eigenvalue weighted by atomic mass is 16.3. The Morgan fingerprint density at radius 1 is 1.26 bits per heavy atom. The predicted octanol–water partition coefficient (Wildman–Crippen LogP) is 1.66. The van der Waals surface area contributed by atoms with Gasteiger partial charge in [-0.1, -0.05) is 0 Å². The van der Waals surface area contributed by atoms with Gasteiger partial charge in [0.15, 0.2) is 5.65 Å². The average molecular weight is 365 g/mol. The van der Waals surface area contributed by atoms with Crippen LogP contribution in [0.4, 0.5) is 0 Å². The molecule has 1 amide bonds. The van der Waals surface area contributed by atoms with Crippen LogP contribution < -0.4 is 0 Å². The largest absolute Gasteiger partial charge is 0.391 e. The van der Waals surface area contributed by atoms with Crippen molar-refractivity contribution in [3.8, 4) is 0 Å². The van der Waals surface area contributed by atoms with E-state index in [1.54, 1.807) is 22.0 Å². The number of carbonyl (C=O) groups excluding carboxylic acids is 1. The summed E-state index contributed by atoms with van der Waals surface area (Å²) in [5.74, 6) is -0.0531. The number of fused-ring (bicyclic) bond motifs is 1. The maximum Gasteiger partial charge on any atom is 0.254 e. The molecule has 0 radical (unpaired) electrons. The van der Waals surface area contributed by atoms with Gasteiger partial charge in [0.25, 0.3) is 5.91 Å². The molecule has 1 fully saturated rings. The average Bonchev–Trinajstić information content (AvgIpc) is 3.14. The molecule has 0 aromatic carbocycles. The van der Waals surface area contributed by atoms with Crippen molar-refractivity contribution in [2.75, 3.05) is 13.1 Å². The zero-order valence-corrected chi connectivity index (χ0v) is 15.8. The fourth-order valence-corrected chi connectivity index (χ4v) is 3.95. The number of aromatic nitrogens is 4. The first-order valence-electron chi connectivity index (χ1n) is 9.11. The molecule has 140 valence electrons. The first kappa shape index (κ1) is 17.6. The van der Waals surface area contributed by atoms with Gasteiger partial charge in [0.05, 0.1) is 22.7 Å². The van der Waals surface area contributed by atoms with Crippen LogP contribution in [0.25, 0.3) is 11.0 Å². The molecular weight excluding hydrogens is 342 g/mol. The van der Waals surface area contributed by atoms with Crippen molar-refractivity contribution in [2.45, 2.75) is 26.4 Å². The number of β-amino-alcohol motifs (C(OH)–C–C–N with tert-alkyl or cyclic N) is 1. The fraction of sp³-hybridized carbons (Fsp3) is 0.400. The third kappa shape index (κ3) is 3.19. The lowest BCUT2D eigenvalue weighted by molar-refractivity contribution is 0.0766. The highest BCUT2D eigenvalue weighted by Gasteiger charge is 2.35. The van der Waals surface area contributed by atoms with E-state index < -0.39 is 6.10 Å². The first-order valence-corrected chi connectivity index (χ1v) is 9.11. The number of amides is 1. The summed E-state index contributed by atoms with van der Waals surface area (Å²) in [5.41, 5.74) is 4.01. The summed E-state index contributed by atoms with van der Waals surface area (Å²) in [6, 6.07) is 5.72. The molecule has 0 bridgehead atoms. The molecule has 0 aliphatic carbocycles. The highest BCUT2D eigenvalue weighted by Crippen LogP contribution is 2.27. The minimum absolute atomic E-state index is 0.0183. The van der Waals surface area contributed by atoms with Gasteiger partial charge >= 0.3 is 0 Å². The summed E-state index contributed by atoms with van der Waals surface area (Å²) >= 11 is 0. The van der Waals surface area contributed by atoms with Gasteiger partial charge in [-0.3, -0.25) is 14.5 Å². The molecule has 7 heteroatoms. The van der Waals surface area contributed by atoms with Gasteiger partial charge in [-0.15, -0.1) is 0 Å². The molecule has 3 aromatic heterocycles. The number of aliphatic hydroxyl groups excluding tert-OH is 1. The summed E-state index contributed by atoms with van der Waals surface area (Å²) in [6.45, 7) is 4.64. The summed E-state index contributed by atoms with van der Waals surface area (Å²) in [5, 5.41) is 15.7. The number of likely N-dealkylation sites (tertiary alicyclic amines) is 1. The van der Waals surface area contributed by atoms with Crippen LogP contribution in [0.15, 0.2) is 30.6 Å². The van der Waals surface area contributed by atoms with Crippen LogP contribution in [-0.2, 0) is 13.5 Å². The van der Waals surface area contributed by atoms with E-state index in [1.165, 1.54) is 0 Å². The number of nitrogens with zero attached hydrogens (tertiary/aromatic N) is 5. The Morgan fingerprint density at radius 2 is 2.00 bits per heavy atom. The second-order valence-electron chi connectivity index (χ2n) is 7.32. The number of rotatable bonds is 3. The Balaban J connectivity index is 1.61. The summed E-state index contributed by atoms with van der Waals surface area (Å²) in [6.07, 6.45) is 3.70. The lowest BCUT2D eigenvalue weighted by Gasteiger charge is -2.17. The molecule has 1 aliphatic rings. The number of pyridine rings is 2. The van der Waals surface area contributed by atoms with Gasteiger partial charge in [-0.25, -0.2) is 4.98 Å². The van der Waals surface area contributed by atoms with Crippen molar-refractivity contribution in [1.29, 1.82) is 0 Å². The Bertz CT molecular complexity index is 999. The van der Waals surface area contributed by atoms with Crippen LogP contribution in [-0.4, -0.2) is 54.9 Å². The van der Waals surface area contributed by atoms with Crippen LogP contribution in [0.5, 0.6) is 0 Å². The van der Waals surface area contributed by atoms with Gasteiger partial charge in [0.2, 0.25) is 0 Å². The van der Waals surface area contributed by atoms with Crippen LogP contribution in [0.2, 0.25) is 0 Å². The molecule has 4 heterocycles. The molecule has 3 aromatic rings.